The van der Waals surface area contributed by atoms with Crippen molar-refractivity contribution in [2.75, 3.05) is 12.4 Å². The molecule has 0 atom stereocenters. The minimum Gasteiger partial charge on any atom is -0.453 e. The zero-order valence-corrected chi connectivity index (χ0v) is 15.7. The fourth-order valence-corrected chi connectivity index (χ4v) is 3.91. The summed E-state index contributed by atoms with van der Waals surface area (Å²) in [5.74, 6) is 0. The molecule has 0 aliphatic heterocycles. The predicted molar refractivity (Wildman–Crippen MR) is 105 cm³/mol. The summed E-state index contributed by atoms with van der Waals surface area (Å²) >= 11 is 3.12. The molecule has 0 saturated carbocycles. The third kappa shape index (κ3) is 4.32. The van der Waals surface area contributed by atoms with Crippen molar-refractivity contribution in [3.8, 4) is 0 Å². The third-order valence-corrected chi connectivity index (χ3v) is 5.15. The summed E-state index contributed by atoms with van der Waals surface area (Å²) in [6.07, 6.45) is -0.495. The Labute approximate surface area is 153 Å². The number of hydrogen-bond acceptors (Lipinski definition) is 6. The van der Waals surface area contributed by atoms with Crippen LogP contribution in [0.3, 0.4) is 0 Å². The molecule has 1 amide bonds. The molecule has 4 rings (SSSR count). The number of benzene rings is 2. The molecule has 2 aromatic carbocycles. The number of thiazole rings is 2. The number of amides is 1. The van der Waals surface area contributed by atoms with Crippen molar-refractivity contribution in [3.05, 3.63) is 53.0 Å². The van der Waals surface area contributed by atoms with Gasteiger partial charge in [0.2, 0.25) is 0 Å². The van der Waals surface area contributed by atoms with Crippen molar-refractivity contribution in [2.45, 2.75) is 13.8 Å². The van der Waals surface area contributed by atoms with Crippen LogP contribution in [0.5, 0.6) is 0 Å². The number of carbonyl (C=O) groups is 1. The maximum Gasteiger partial charge on any atom is 0.413 e. The van der Waals surface area contributed by atoms with Crippen molar-refractivity contribution in [3.63, 3.8) is 0 Å². The Morgan fingerprint density at radius 1 is 1.04 bits per heavy atom. The SMILES string of the molecule is COC(=O)Nc1nc2ccc(C)cc2s1.Cc1ccc2ncsc2c1. The van der Waals surface area contributed by atoms with Crippen LogP contribution in [0.25, 0.3) is 20.4 Å². The lowest BCUT2D eigenvalue weighted by molar-refractivity contribution is 0.187. The molecule has 0 unspecified atom stereocenters. The molecule has 25 heavy (non-hydrogen) atoms. The fourth-order valence-electron chi connectivity index (χ4n) is 2.19. The van der Waals surface area contributed by atoms with Gasteiger partial charge in [-0.1, -0.05) is 23.5 Å². The maximum atomic E-state index is 11.0. The standard InChI is InChI=1S/C10H10N2O2S.C8H7NS/c1-6-3-4-7-8(5-6)15-9(11-7)12-10(13)14-2;1-6-2-3-7-8(4-6)10-5-9-7/h3-5H,1-2H3,(H,11,12,13);2-5H,1H3. The predicted octanol–water partition coefficient (Wildman–Crippen LogP) is 5.39. The van der Waals surface area contributed by atoms with Crippen LogP contribution in [0.2, 0.25) is 0 Å². The highest BCUT2D eigenvalue weighted by Gasteiger charge is 2.06. The summed E-state index contributed by atoms with van der Waals surface area (Å²) in [4.78, 5) is 19.4. The summed E-state index contributed by atoms with van der Waals surface area (Å²) in [5, 5.41) is 3.10. The van der Waals surface area contributed by atoms with Crippen molar-refractivity contribution >= 4 is 54.3 Å². The first-order chi connectivity index (χ1) is 12.0. The van der Waals surface area contributed by atoms with Gasteiger partial charge in [-0.15, -0.1) is 11.3 Å². The molecule has 0 spiro atoms. The van der Waals surface area contributed by atoms with Crippen molar-refractivity contribution in [1.82, 2.24) is 9.97 Å². The van der Waals surface area contributed by atoms with E-state index in [1.807, 2.05) is 30.6 Å². The number of hydrogen-bond donors (Lipinski definition) is 1. The lowest BCUT2D eigenvalue weighted by Gasteiger charge is -1.96. The van der Waals surface area contributed by atoms with Crippen LogP contribution >= 0.6 is 22.7 Å². The van der Waals surface area contributed by atoms with Gasteiger partial charge >= 0.3 is 6.09 Å². The number of nitrogens with one attached hydrogen (secondary N) is 1. The highest BCUT2D eigenvalue weighted by Crippen LogP contribution is 2.26. The van der Waals surface area contributed by atoms with E-state index < -0.39 is 6.09 Å². The molecular formula is C18H17N3O2S2. The number of nitrogens with zero attached hydrogens (tertiary/aromatic N) is 2. The normalized spacial score (nSPS) is 10.4. The van der Waals surface area contributed by atoms with E-state index in [2.05, 4.69) is 45.1 Å². The average molecular weight is 371 g/mol. The van der Waals surface area contributed by atoms with Crippen LogP contribution in [0.15, 0.2) is 41.9 Å². The largest absolute Gasteiger partial charge is 0.453 e. The minimum absolute atomic E-state index is 0.495. The highest BCUT2D eigenvalue weighted by atomic mass is 32.1. The lowest BCUT2D eigenvalue weighted by Crippen LogP contribution is -2.10. The Kier molecular flexibility index (Phi) is 5.25. The van der Waals surface area contributed by atoms with Crippen LogP contribution in [-0.2, 0) is 4.74 Å². The lowest BCUT2D eigenvalue weighted by atomic mass is 10.2. The Balaban J connectivity index is 0.000000157. The van der Waals surface area contributed by atoms with Crippen LogP contribution in [0.1, 0.15) is 11.1 Å². The van der Waals surface area contributed by atoms with E-state index in [0.717, 1.165) is 15.7 Å². The first-order valence-electron chi connectivity index (χ1n) is 7.57. The number of methoxy groups -OCH3 is 1. The van der Waals surface area contributed by atoms with E-state index in [1.54, 1.807) is 11.3 Å². The highest BCUT2D eigenvalue weighted by molar-refractivity contribution is 7.22. The number of carbonyl (C=O) groups excluding carboxylic acids is 1. The van der Waals surface area contributed by atoms with E-state index in [0.29, 0.717) is 5.13 Å². The summed E-state index contributed by atoms with van der Waals surface area (Å²) in [7, 11) is 1.33. The monoisotopic (exact) mass is 371 g/mol. The molecule has 128 valence electrons. The van der Waals surface area contributed by atoms with E-state index >= 15 is 0 Å². The third-order valence-electron chi connectivity index (χ3n) is 3.43. The van der Waals surface area contributed by atoms with Gasteiger partial charge in [0.1, 0.15) is 0 Å². The molecule has 0 bridgehead atoms. The van der Waals surface area contributed by atoms with Crippen molar-refractivity contribution in [1.29, 1.82) is 0 Å². The first-order valence-corrected chi connectivity index (χ1v) is 9.27. The van der Waals surface area contributed by atoms with E-state index in [9.17, 15) is 4.79 Å². The van der Waals surface area contributed by atoms with Crippen molar-refractivity contribution in [2.24, 2.45) is 0 Å². The van der Waals surface area contributed by atoms with Gasteiger partial charge in [0.05, 0.1) is 33.1 Å². The topological polar surface area (TPSA) is 64.1 Å². The van der Waals surface area contributed by atoms with Crippen molar-refractivity contribution < 1.29 is 9.53 Å². The molecule has 2 heterocycles. The quantitative estimate of drug-likeness (QED) is 0.487. The molecule has 1 N–H and O–H groups in total. The molecule has 0 aliphatic rings. The second-order valence-electron chi connectivity index (χ2n) is 5.43. The van der Waals surface area contributed by atoms with Gasteiger partial charge in [-0.25, -0.2) is 14.8 Å². The van der Waals surface area contributed by atoms with Gasteiger partial charge in [-0.3, -0.25) is 5.32 Å². The van der Waals surface area contributed by atoms with E-state index in [-0.39, 0.29) is 0 Å². The van der Waals surface area contributed by atoms with Gasteiger partial charge in [-0.05, 0) is 49.2 Å². The zero-order chi connectivity index (χ0) is 17.8. The molecule has 0 aliphatic carbocycles. The van der Waals surface area contributed by atoms with Crippen LogP contribution in [0.4, 0.5) is 9.93 Å². The number of ether oxygens (including phenoxy) is 1. The van der Waals surface area contributed by atoms with E-state index in [4.69, 9.17) is 0 Å². The molecule has 2 aromatic heterocycles. The van der Waals surface area contributed by atoms with E-state index in [1.165, 1.54) is 34.3 Å². The zero-order valence-electron chi connectivity index (χ0n) is 14.1. The van der Waals surface area contributed by atoms with Gasteiger partial charge in [0.25, 0.3) is 0 Å². The summed E-state index contributed by atoms with van der Waals surface area (Å²) in [6.45, 7) is 4.12. The van der Waals surface area contributed by atoms with Crippen LogP contribution in [-0.4, -0.2) is 23.2 Å². The van der Waals surface area contributed by atoms with Gasteiger partial charge in [0, 0.05) is 0 Å². The molecule has 0 radical (unpaired) electrons. The second kappa shape index (κ2) is 7.58. The summed E-state index contributed by atoms with van der Waals surface area (Å²) < 4.78 is 6.83. The first kappa shape index (κ1) is 17.3. The molecule has 0 saturated heterocycles. The Bertz CT molecular complexity index is 1020. The Morgan fingerprint density at radius 3 is 2.44 bits per heavy atom. The minimum atomic E-state index is -0.495. The molecule has 4 aromatic rings. The number of aromatic nitrogens is 2. The van der Waals surface area contributed by atoms with Gasteiger partial charge < -0.3 is 4.74 Å². The molecule has 0 fully saturated rings. The average Bonchev–Trinajstić information content (AvgIpc) is 3.20. The number of anilines is 1. The molecular weight excluding hydrogens is 354 g/mol. The van der Waals surface area contributed by atoms with Crippen LogP contribution in [0, 0.1) is 13.8 Å². The fraction of sp³-hybridized carbons (Fsp3) is 0.167. The van der Waals surface area contributed by atoms with Crippen LogP contribution < -0.4 is 5.32 Å². The summed E-state index contributed by atoms with van der Waals surface area (Å²) in [6, 6.07) is 12.3. The Hall–Kier alpha value is -2.51. The molecule has 7 heteroatoms. The second-order valence-corrected chi connectivity index (χ2v) is 7.35. The number of rotatable bonds is 1. The maximum absolute atomic E-state index is 11.0. The number of fused-ring (bicyclic) bond motifs is 2. The van der Waals surface area contributed by atoms with Gasteiger partial charge in [0.15, 0.2) is 5.13 Å². The number of aryl methyl sites for hydroxylation is 2. The van der Waals surface area contributed by atoms with Gasteiger partial charge in [-0.2, -0.15) is 0 Å². The summed E-state index contributed by atoms with van der Waals surface area (Å²) in [5.41, 5.74) is 6.35. The Morgan fingerprint density at radius 2 is 1.72 bits per heavy atom. The molecule has 5 nitrogen and oxygen atoms in total. The smallest absolute Gasteiger partial charge is 0.413 e.